The normalized spacial score (nSPS) is 28.6. The Morgan fingerprint density at radius 2 is 2.08 bits per heavy atom. The molecule has 9 heteroatoms. The number of halogens is 3. The lowest BCUT2D eigenvalue weighted by Gasteiger charge is -2.20. The number of anilines is 1. The van der Waals surface area contributed by atoms with Gasteiger partial charge >= 0.3 is 6.18 Å². The number of alkyl halides is 3. The third-order valence-corrected chi connectivity index (χ3v) is 9.53. The number of hydrogen-bond acceptors (Lipinski definition) is 3. The van der Waals surface area contributed by atoms with E-state index >= 15 is 0 Å². The Bertz CT molecular complexity index is 877. The predicted octanol–water partition coefficient (Wildman–Crippen LogP) is 4.29. The molecule has 0 amide bonds. The smallest absolute Gasteiger partial charge is 0.267 e. The van der Waals surface area contributed by atoms with E-state index in [2.05, 4.69) is 13.0 Å². The van der Waals surface area contributed by atoms with Crippen molar-refractivity contribution in [3.63, 3.8) is 0 Å². The molecule has 2 aliphatic rings. The third kappa shape index (κ3) is 3.60. The second-order valence-corrected chi connectivity index (χ2v) is 11.2. The van der Waals surface area contributed by atoms with Crippen LogP contribution in [0.15, 0.2) is 30.4 Å². The molecule has 1 heterocycles. The molecule has 1 aliphatic carbocycles. The van der Waals surface area contributed by atoms with Gasteiger partial charge in [0.05, 0.1) is 22.9 Å². The van der Waals surface area contributed by atoms with Gasteiger partial charge in [0.1, 0.15) is 0 Å². The average Bonchev–Trinajstić information content (AvgIpc) is 3.17. The molecule has 0 saturated carbocycles. The fraction of sp³-hybridized carbons (Fsp3) is 0.471. The van der Waals surface area contributed by atoms with Gasteiger partial charge < -0.3 is 0 Å². The molecule has 4 nitrogen and oxygen atoms in total. The predicted molar refractivity (Wildman–Crippen MR) is 95.6 cm³/mol. The van der Waals surface area contributed by atoms with Crippen molar-refractivity contribution in [3.8, 4) is 6.07 Å². The highest BCUT2D eigenvalue weighted by Gasteiger charge is 2.42. The van der Waals surface area contributed by atoms with Crippen LogP contribution in [0.5, 0.6) is 0 Å². The van der Waals surface area contributed by atoms with Crippen LogP contribution in [-0.2, 0) is 15.8 Å². The quantitative estimate of drug-likeness (QED) is 0.560. The molecule has 3 rings (SSSR count). The summed E-state index contributed by atoms with van der Waals surface area (Å²) in [6.07, 6.45) is 1.32. The van der Waals surface area contributed by atoms with Crippen molar-refractivity contribution in [3.05, 3.63) is 41.5 Å². The van der Waals surface area contributed by atoms with Crippen LogP contribution in [0.1, 0.15) is 30.9 Å². The minimum Gasteiger partial charge on any atom is -0.267 e. The second kappa shape index (κ2) is 6.86. The summed E-state index contributed by atoms with van der Waals surface area (Å²) in [6.45, 7) is 2.25. The van der Waals surface area contributed by atoms with Crippen molar-refractivity contribution >= 4 is 23.1 Å². The summed E-state index contributed by atoms with van der Waals surface area (Å²) in [5.41, 5.74) is -1.76. The van der Waals surface area contributed by atoms with Crippen LogP contribution in [0.3, 0.4) is 0 Å². The second-order valence-electron chi connectivity index (χ2n) is 6.55. The van der Waals surface area contributed by atoms with Gasteiger partial charge in [0.15, 0.2) is 0 Å². The Balaban J connectivity index is 1.90. The summed E-state index contributed by atoms with van der Waals surface area (Å²) in [7, 11) is -4.02. The Hall–Kier alpha value is -1.58. The third-order valence-electron chi connectivity index (χ3n) is 4.92. The molecule has 0 aromatic heterocycles. The topological polar surface area (TPSA) is 61.2 Å². The summed E-state index contributed by atoms with van der Waals surface area (Å²) in [4.78, 5) is 0. The molecule has 4 atom stereocenters. The summed E-state index contributed by atoms with van der Waals surface area (Å²) in [5, 5.41) is 8.89. The van der Waals surface area contributed by atoms with E-state index in [1.807, 2.05) is 6.08 Å². The molecule has 1 fully saturated rings. The average molecular weight is 402 g/mol. The van der Waals surface area contributed by atoms with Crippen molar-refractivity contribution in [2.45, 2.75) is 31.6 Å². The minimum absolute atomic E-state index is 0.0275. The van der Waals surface area contributed by atoms with Crippen LogP contribution < -0.4 is 4.31 Å². The molecular weight excluding hydrogens is 384 g/mol. The number of nitrogens with zero attached hydrogens (tertiary/aromatic N) is 2. The Morgan fingerprint density at radius 3 is 2.65 bits per heavy atom. The number of benzene rings is 1. The van der Waals surface area contributed by atoms with Crippen LogP contribution in [0, 0.1) is 23.2 Å². The van der Waals surface area contributed by atoms with Gasteiger partial charge in [-0.1, -0.05) is 19.1 Å². The van der Waals surface area contributed by atoms with Crippen molar-refractivity contribution in [2.75, 3.05) is 10.8 Å². The largest absolute Gasteiger partial charge is 0.417 e. The van der Waals surface area contributed by atoms with E-state index in [4.69, 9.17) is 5.26 Å². The van der Waals surface area contributed by atoms with Gasteiger partial charge in [-0.25, -0.2) is 8.42 Å². The van der Waals surface area contributed by atoms with Crippen molar-refractivity contribution < 1.29 is 21.6 Å². The van der Waals surface area contributed by atoms with Gasteiger partial charge in [0.25, 0.3) is 0 Å². The Kier molecular flexibility index (Phi) is 5.06. The maximum absolute atomic E-state index is 13.2. The molecule has 1 aromatic rings. The molecule has 1 aliphatic heterocycles. The Labute approximate surface area is 152 Å². The SMILES string of the molecule is CC[C@H]1C=C[C@H]([C@@H]2CN(c3ccc(C#N)c(C(F)(F)F)c3)S(=O)(=O)P2)C1. The fourth-order valence-electron chi connectivity index (χ4n) is 3.46. The monoisotopic (exact) mass is 402 g/mol. The number of rotatable bonds is 3. The lowest BCUT2D eigenvalue weighted by molar-refractivity contribution is -0.137. The maximum Gasteiger partial charge on any atom is 0.417 e. The van der Waals surface area contributed by atoms with E-state index in [1.165, 1.54) is 12.1 Å². The van der Waals surface area contributed by atoms with Crippen LogP contribution in [0.2, 0.25) is 0 Å². The molecule has 0 radical (unpaired) electrons. The minimum atomic E-state index is -4.71. The first-order valence-corrected chi connectivity index (χ1v) is 11.5. The molecule has 140 valence electrons. The standard InChI is InChI=1S/C17H18F3N2O2PS/c1-2-11-3-4-12(7-11)16-10-22(26(23,24)25-16)14-6-5-13(9-21)15(8-14)17(18,19)20/h3-6,8,11-12,16,25H,2,7,10H2,1H3/t11-,12-,16-/m0/s1. The highest BCUT2D eigenvalue weighted by Crippen LogP contribution is 2.48. The van der Waals surface area contributed by atoms with Gasteiger partial charge in [-0.3, -0.25) is 4.31 Å². The van der Waals surface area contributed by atoms with Gasteiger partial charge in [0.2, 0.25) is 9.64 Å². The zero-order valence-electron chi connectivity index (χ0n) is 14.0. The summed E-state index contributed by atoms with van der Waals surface area (Å²) in [6, 6.07) is 4.59. The lowest BCUT2D eigenvalue weighted by Crippen LogP contribution is -2.27. The molecule has 1 saturated heterocycles. The molecule has 0 bridgehead atoms. The highest BCUT2D eigenvalue weighted by atomic mass is 32.8. The zero-order valence-corrected chi connectivity index (χ0v) is 15.8. The molecule has 26 heavy (non-hydrogen) atoms. The van der Waals surface area contributed by atoms with E-state index in [-0.39, 0.29) is 31.6 Å². The van der Waals surface area contributed by atoms with Crippen LogP contribution >= 0.6 is 7.78 Å². The van der Waals surface area contributed by atoms with Crippen molar-refractivity contribution in [2.24, 2.45) is 11.8 Å². The first kappa shape index (κ1) is 19.2. The van der Waals surface area contributed by atoms with E-state index in [9.17, 15) is 21.6 Å². The summed E-state index contributed by atoms with van der Waals surface area (Å²) >= 11 is 0. The molecule has 1 aromatic carbocycles. The van der Waals surface area contributed by atoms with E-state index < -0.39 is 26.9 Å². The van der Waals surface area contributed by atoms with Gasteiger partial charge in [-0.05, 0) is 42.9 Å². The van der Waals surface area contributed by atoms with E-state index in [0.29, 0.717) is 5.92 Å². The van der Waals surface area contributed by atoms with Crippen molar-refractivity contribution in [1.82, 2.24) is 0 Å². The van der Waals surface area contributed by atoms with Gasteiger partial charge in [-0.2, -0.15) is 18.4 Å². The molecule has 1 unspecified atom stereocenters. The summed E-state index contributed by atoms with van der Waals surface area (Å²) in [5.74, 6) is 0.576. The van der Waals surface area contributed by atoms with E-state index in [1.54, 1.807) is 0 Å². The first-order chi connectivity index (χ1) is 12.2. The lowest BCUT2D eigenvalue weighted by atomic mass is 9.98. The van der Waals surface area contributed by atoms with E-state index in [0.717, 1.165) is 29.3 Å². The van der Waals surface area contributed by atoms with Crippen LogP contribution in [0.25, 0.3) is 0 Å². The van der Waals surface area contributed by atoms with Crippen molar-refractivity contribution in [1.29, 1.82) is 5.26 Å². The Morgan fingerprint density at radius 1 is 1.35 bits per heavy atom. The van der Waals surface area contributed by atoms with Gasteiger partial charge in [0, 0.05) is 20.0 Å². The number of hydrogen-bond donors (Lipinski definition) is 0. The number of allylic oxidation sites excluding steroid dienone is 2. The summed E-state index contributed by atoms with van der Waals surface area (Å²) < 4.78 is 65.7. The fourth-order valence-corrected chi connectivity index (χ4v) is 8.35. The van der Waals surface area contributed by atoms with Crippen LogP contribution in [-0.4, -0.2) is 20.6 Å². The number of nitriles is 1. The zero-order chi connectivity index (χ0) is 19.1. The maximum atomic E-state index is 13.2. The first-order valence-electron chi connectivity index (χ1n) is 8.25. The van der Waals surface area contributed by atoms with Gasteiger partial charge in [-0.15, -0.1) is 0 Å². The molecule has 0 N–H and O–H groups in total. The highest BCUT2D eigenvalue weighted by molar-refractivity contribution is 8.45. The molecular formula is C17H18F3N2O2PS. The molecule has 0 spiro atoms. The van der Waals surface area contributed by atoms with Crippen LogP contribution in [0.4, 0.5) is 18.9 Å².